The van der Waals surface area contributed by atoms with Crippen LogP contribution in [0.25, 0.3) is 0 Å². The maximum atomic E-state index is 11.8. The maximum absolute atomic E-state index is 11.8. The van der Waals surface area contributed by atoms with Crippen molar-refractivity contribution in [3.05, 3.63) is 42.0 Å². The van der Waals surface area contributed by atoms with Gasteiger partial charge in [0.15, 0.2) is 0 Å². The van der Waals surface area contributed by atoms with E-state index in [1.165, 1.54) is 19.1 Å². The number of rotatable bonds is 9. The van der Waals surface area contributed by atoms with Crippen molar-refractivity contribution in [2.75, 3.05) is 13.2 Å². The van der Waals surface area contributed by atoms with E-state index in [0.717, 1.165) is 12.0 Å². The highest BCUT2D eigenvalue weighted by molar-refractivity contribution is 7.94. The molecule has 3 N–H and O–H groups in total. The molecule has 1 unspecified atom stereocenters. The van der Waals surface area contributed by atoms with Crippen molar-refractivity contribution in [3.8, 4) is 0 Å². The molecule has 0 saturated heterocycles. The molecule has 0 aliphatic rings. The van der Waals surface area contributed by atoms with Crippen LogP contribution >= 0.6 is 12.0 Å². The first-order valence-electron chi connectivity index (χ1n) is 6.42. The second kappa shape index (κ2) is 9.98. The van der Waals surface area contributed by atoms with E-state index in [-0.39, 0.29) is 24.4 Å². The van der Waals surface area contributed by atoms with Crippen molar-refractivity contribution in [2.24, 2.45) is 5.90 Å². The van der Waals surface area contributed by atoms with Crippen molar-refractivity contribution in [2.45, 2.75) is 17.9 Å². The molecule has 0 heterocycles. The molecule has 0 amide bonds. The number of benzene rings is 1. The van der Waals surface area contributed by atoms with Gasteiger partial charge in [0.1, 0.15) is 19.3 Å². The summed E-state index contributed by atoms with van der Waals surface area (Å²) in [5.74, 6) is 3.46. The first-order chi connectivity index (χ1) is 10.9. The molecule has 0 spiro atoms. The van der Waals surface area contributed by atoms with E-state index in [1.807, 2.05) is 0 Å². The molecule has 0 aliphatic heterocycles. The van der Waals surface area contributed by atoms with Gasteiger partial charge in [-0.05, 0) is 31.2 Å². The van der Waals surface area contributed by atoms with Gasteiger partial charge in [-0.1, -0.05) is 6.58 Å². The van der Waals surface area contributed by atoms with Gasteiger partial charge in [-0.3, -0.25) is 0 Å². The third-order valence-corrected chi connectivity index (χ3v) is 3.03. The summed E-state index contributed by atoms with van der Waals surface area (Å²) in [6.07, 6.45) is -1.12. The van der Waals surface area contributed by atoms with E-state index in [4.69, 9.17) is 15.4 Å². The molecule has 0 aromatic heterocycles. The Kier molecular flexibility index (Phi) is 8.30. The third-order valence-electron chi connectivity index (χ3n) is 2.42. The second-order valence-corrected chi connectivity index (χ2v) is 5.18. The standard InChI is InChI=1S/C14H17NO7S/c1-9(2)13(17)19-7-11(16)8-20-14(18)10-3-5-12(6-4-10)23-22-21-15/h3-6,11,16H,1,7-8,15H2,2H3. The largest absolute Gasteiger partial charge is 0.459 e. The van der Waals surface area contributed by atoms with Crippen LogP contribution < -0.4 is 5.90 Å². The van der Waals surface area contributed by atoms with E-state index in [1.54, 1.807) is 12.1 Å². The Morgan fingerprint density at radius 2 is 1.87 bits per heavy atom. The minimum absolute atomic E-state index is 0.219. The van der Waals surface area contributed by atoms with Gasteiger partial charge in [0.25, 0.3) is 0 Å². The highest BCUT2D eigenvalue weighted by atomic mass is 32.2. The summed E-state index contributed by atoms with van der Waals surface area (Å²) in [5, 5.41) is 9.59. The topological polar surface area (TPSA) is 117 Å². The Morgan fingerprint density at radius 1 is 1.26 bits per heavy atom. The van der Waals surface area contributed by atoms with E-state index in [0.29, 0.717) is 4.90 Å². The molecular weight excluding hydrogens is 326 g/mol. The van der Waals surface area contributed by atoms with Crippen molar-refractivity contribution in [1.29, 1.82) is 0 Å². The Hall–Kier alpha value is -1.91. The van der Waals surface area contributed by atoms with Crippen LogP contribution in [0, 0.1) is 0 Å². The lowest BCUT2D eigenvalue weighted by Crippen LogP contribution is -2.25. The molecule has 0 radical (unpaired) electrons. The number of hydrogen-bond donors (Lipinski definition) is 2. The SMILES string of the molecule is C=C(C)C(=O)OCC(O)COC(=O)c1ccc(SOON)cc1. The fourth-order valence-corrected chi connectivity index (χ4v) is 1.67. The Balaban J connectivity index is 2.38. The zero-order valence-electron chi connectivity index (χ0n) is 12.4. The zero-order valence-corrected chi connectivity index (χ0v) is 13.2. The summed E-state index contributed by atoms with van der Waals surface area (Å²) in [5.41, 5.74) is 0.505. The third kappa shape index (κ3) is 7.26. The summed E-state index contributed by atoms with van der Waals surface area (Å²) in [4.78, 5) is 27.5. The molecule has 23 heavy (non-hydrogen) atoms. The lowest BCUT2D eigenvalue weighted by atomic mass is 10.2. The van der Waals surface area contributed by atoms with Crippen LogP contribution in [0.15, 0.2) is 41.3 Å². The van der Waals surface area contributed by atoms with Crippen LogP contribution in [-0.4, -0.2) is 36.4 Å². The number of esters is 2. The average Bonchev–Trinajstić information content (AvgIpc) is 2.55. The van der Waals surface area contributed by atoms with Crippen LogP contribution in [0.2, 0.25) is 0 Å². The fraction of sp³-hybridized carbons (Fsp3) is 0.286. The maximum Gasteiger partial charge on any atom is 0.338 e. The van der Waals surface area contributed by atoms with Crippen molar-refractivity contribution in [3.63, 3.8) is 0 Å². The van der Waals surface area contributed by atoms with E-state index in [2.05, 4.69) is 15.9 Å². The molecule has 1 atom stereocenters. The number of carbonyl (C=O) groups is 2. The highest BCUT2D eigenvalue weighted by Crippen LogP contribution is 2.19. The summed E-state index contributed by atoms with van der Waals surface area (Å²) >= 11 is 0.876. The van der Waals surface area contributed by atoms with Gasteiger partial charge in [0, 0.05) is 10.5 Å². The predicted molar refractivity (Wildman–Crippen MR) is 80.7 cm³/mol. The van der Waals surface area contributed by atoms with E-state index >= 15 is 0 Å². The number of ether oxygens (including phenoxy) is 2. The summed E-state index contributed by atoms with van der Waals surface area (Å²) in [6, 6.07) is 6.23. The molecular formula is C14H17NO7S. The predicted octanol–water partition coefficient (Wildman–Crippen LogP) is 1.15. The lowest BCUT2D eigenvalue weighted by molar-refractivity contribution is -0.195. The molecule has 126 valence electrons. The first kappa shape index (κ1) is 19.1. The van der Waals surface area contributed by atoms with Gasteiger partial charge in [0.05, 0.1) is 17.6 Å². The molecule has 0 fully saturated rings. The second-order valence-electron chi connectivity index (χ2n) is 4.40. The van der Waals surface area contributed by atoms with Crippen LogP contribution in [-0.2, 0) is 23.6 Å². The summed E-state index contributed by atoms with van der Waals surface area (Å²) in [6.45, 7) is 4.30. The van der Waals surface area contributed by atoms with Crippen molar-refractivity contribution >= 4 is 24.0 Å². The highest BCUT2D eigenvalue weighted by Gasteiger charge is 2.13. The van der Waals surface area contributed by atoms with Crippen LogP contribution in [0.1, 0.15) is 17.3 Å². The van der Waals surface area contributed by atoms with E-state index in [9.17, 15) is 14.7 Å². The van der Waals surface area contributed by atoms with Gasteiger partial charge in [-0.25, -0.2) is 9.59 Å². The number of hydrogen-bond acceptors (Lipinski definition) is 9. The van der Waals surface area contributed by atoms with Crippen LogP contribution in [0.4, 0.5) is 0 Å². The molecule has 9 heteroatoms. The average molecular weight is 343 g/mol. The molecule has 8 nitrogen and oxygen atoms in total. The quantitative estimate of drug-likeness (QED) is 0.224. The monoisotopic (exact) mass is 343 g/mol. The Bertz CT molecular complexity index is 547. The molecule has 0 aliphatic carbocycles. The van der Waals surface area contributed by atoms with Crippen LogP contribution in [0.3, 0.4) is 0 Å². The normalized spacial score (nSPS) is 11.6. The molecule has 0 saturated carbocycles. The summed E-state index contributed by atoms with van der Waals surface area (Å²) < 4.78 is 14.1. The van der Waals surface area contributed by atoms with Crippen molar-refractivity contribution < 1.29 is 33.5 Å². The Labute approximate surface area is 137 Å². The minimum Gasteiger partial charge on any atom is -0.459 e. The first-order valence-corrected chi connectivity index (χ1v) is 7.16. The van der Waals surface area contributed by atoms with Crippen LogP contribution in [0.5, 0.6) is 0 Å². The van der Waals surface area contributed by atoms with E-state index < -0.39 is 18.0 Å². The van der Waals surface area contributed by atoms with Crippen molar-refractivity contribution in [1.82, 2.24) is 0 Å². The molecule has 0 bridgehead atoms. The van der Waals surface area contributed by atoms with Gasteiger partial charge in [-0.15, -0.1) is 9.32 Å². The molecule has 1 aromatic carbocycles. The number of aliphatic hydroxyl groups is 1. The molecule has 1 aromatic rings. The smallest absolute Gasteiger partial charge is 0.338 e. The number of carbonyl (C=O) groups excluding carboxylic acids is 2. The molecule has 1 rings (SSSR count). The lowest BCUT2D eigenvalue weighted by Gasteiger charge is -2.12. The zero-order chi connectivity index (χ0) is 17.2. The minimum atomic E-state index is -1.12. The number of aliphatic hydroxyl groups excluding tert-OH is 1. The van der Waals surface area contributed by atoms with Gasteiger partial charge >= 0.3 is 11.9 Å². The van der Waals surface area contributed by atoms with Gasteiger partial charge in [-0.2, -0.15) is 5.90 Å². The Morgan fingerprint density at radius 3 is 2.43 bits per heavy atom. The fourth-order valence-electron chi connectivity index (χ4n) is 1.30. The van der Waals surface area contributed by atoms with Gasteiger partial charge < -0.3 is 14.6 Å². The summed E-state index contributed by atoms with van der Waals surface area (Å²) in [7, 11) is 0. The number of nitrogens with two attached hydrogens (primary N) is 1. The van der Waals surface area contributed by atoms with Gasteiger partial charge in [0.2, 0.25) is 0 Å².